The van der Waals surface area contributed by atoms with Gasteiger partial charge in [0.1, 0.15) is 5.76 Å². The summed E-state index contributed by atoms with van der Waals surface area (Å²) in [4.78, 5) is 0. The summed E-state index contributed by atoms with van der Waals surface area (Å²) in [5, 5.41) is 13.2. The highest BCUT2D eigenvalue weighted by molar-refractivity contribution is 5.96. The quantitative estimate of drug-likeness (QED) is 0.0624. The zero-order valence-corrected chi connectivity index (χ0v) is 33.7. The third-order valence-corrected chi connectivity index (χ3v) is 12.3. The van der Waals surface area contributed by atoms with Crippen molar-refractivity contribution in [2.24, 2.45) is 22.8 Å². The molecule has 0 saturated carbocycles. The van der Waals surface area contributed by atoms with Crippen molar-refractivity contribution in [3.8, 4) is 34.0 Å². The lowest BCUT2D eigenvalue weighted by Crippen LogP contribution is -2.37. The van der Waals surface area contributed by atoms with Crippen LogP contribution < -0.4 is 5.84 Å². The zero-order valence-electron chi connectivity index (χ0n) is 33.7. The number of allylic oxidation sites excluding steroid dienone is 4. The van der Waals surface area contributed by atoms with Crippen molar-refractivity contribution in [1.82, 2.24) is 10.2 Å². The lowest BCUT2D eigenvalue weighted by molar-refractivity contribution is 0.357. The van der Waals surface area contributed by atoms with Gasteiger partial charge in [0.25, 0.3) is 0 Å². The van der Waals surface area contributed by atoms with E-state index in [1.165, 1.54) is 50.1 Å². The summed E-state index contributed by atoms with van der Waals surface area (Å²) < 4.78 is 12.9. The molecule has 9 rings (SSSR count). The Morgan fingerprint density at radius 3 is 1.86 bits per heavy atom. The first-order valence-corrected chi connectivity index (χ1v) is 19.8. The number of hydrazone groups is 1. The van der Waals surface area contributed by atoms with E-state index in [0.29, 0.717) is 23.4 Å². The van der Waals surface area contributed by atoms with E-state index < -0.39 is 5.41 Å². The molecule has 1 heterocycles. The molecule has 3 atom stereocenters. The van der Waals surface area contributed by atoms with Gasteiger partial charge in [-0.05, 0) is 109 Å². The fraction of sp³-hybridized carbons (Fsp3) is 0.235. The average Bonchev–Trinajstić information content (AvgIpc) is 3.90. The summed E-state index contributed by atoms with van der Waals surface area (Å²) in [5.74, 6) is 7.85. The minimum Gasteiger partial charge on any atom is -0.437 e. The minimum atomic E-state index is -0.511. The number of nitrogens with zero attached hydrogens (tertiary/aromatic N) is 3. The summed E-state index contributed by atoms with van der Waals surface area (Å²) in [6, 6.07) is 41.0. The first-order valence-electron chi connectivity index (χ1n) is 19.8. The van der Waals surface area contributed by atoms with E-state index in [0.717, 1.165) is 22.3 Å². The van der Waals surface area contributed by atoms with Crippen molar-refractivity contribution in [1.29, 1.82) is 0 Å². The van der Waals surface area contributed by atoms with Crippen LogP contribution in [0, 0.1) is 11.8 Å². The van der Waals surface area contributed by atoms with E-state index in [1.54, 1.807) is 0 Å². The molecule has 6 heteroatoms. The van der Waals surface area contributed by atoms with Gasteiger partial charge in [-0.2, -0.15) is 0 Å². The van der Waals surface area contributed by atoms with Gasteiger partial charge in [0.15, 0.2) is 0 Å². The predicted molar refractivity (Wildman–Crippen MR) is 230 cm³/mol. The van der Waals surface area contributed by atoms with Crippen molar-refractivity contribution in [3.05, 3.63) is 184 Å². The summed E-state index contributed by atoms with van der Waals surface area (Å²) >= 11 is 0. The highest BCUT2D eigenvalue weighted by Crippen LogP contribution is 2.67. The van der Waals surface area contributed by atoms with Crippen molar-refractivity contribution < 1.29 is 9.15 Å². The lowest BCUT2D eigenvalue weighted by atomic mass is 9.61. The number of rotatable bonds is 5. The molecule has 5 aromatic carbocycles. The Bertz CT molecular complexity index is 2660. The number of hydrogen-bond donors (Lipinski definition) is 1. The maximum absolute atomic E-state index is 6.48. The molecule has 3 aliphatic carbocycles. The van der Waals surface area contributed by atoms with Crippen LogP contribution in [0.25, 0.3) is 39.6 Å². The van der Waals surface area contributed by atoms with Gasteiger partial charge in [-0.15, -0.1) is 15.3 Å². The number of nitrogens with two attached hydrogens (primary N) is 1. The lowest BCUT2D eigenvalue weighted by Gasteiger charge is -2.41. The normalized spacial score (nSPS) is 19.7. The molecule has 57 heavy (non-hydrogen) atoms. The number of fused-ring (bicyclic) bond motifs is 10. The summed E-state index contributed by atoms with van der Waals surface area (Å²) in [6.07, 6.45) is 4.43. The standard InChI is InChI=1S/C51H48N4O2/c1-30-37(31(2)56-46(53-52)32-17-22-35(23-18-32)49(3,4)5)27-28-41-39-14-10-12-16-43(39)51(45(30)41)42-15-11-9-13-38(42)40-26-21-34(29-44(40)51)48-55-54-47(57-48)33-19-24-36(25-20-33)50(6,7)8/h9-30,45H,2,52H2,1,3-8H3/b53-46-/t30?,45-,51+/m1/s1. The molecular weight excluding hydrogens is 701 g/mol. The molecular formula is C51H48N4O2. The van der Waals surface area contributed by atoms with Gasteiger partial charge in [0.2, 0.25) is 17.7 Å². The topological polar surface area (TPSA) is 86.5 Å². The highest BCUT2D eigenvalue weighted by atomic mass is 16.5. The Hall–Kier alpha value is -6.27. The zero-order chi connectivity index (χ0) is 39.9. The molecule has 0 saturated heterocycles. The van der Waals surface area contributed by atoms with Gasteiger partial charge in [-0.3, -0.25) is 0 Å². The van der Waals surface area contributed by atoms with Crippen molar-refractivity contribution in [2.75, 3.05) is 0 Å². The molecule has 2 N–H and O–H groups in total. The Morgan fingerprint density at radius 1 is 0.684 bits per heavy atom. The molecule has 0 bridgehead atoms. The number of hydrogen-bond acceptors (Lipinski definition) is 6. The molecule has 0 radical (unpaired) electrons. The maximum atomic E-state index is 6.48. The van der Waals surface area contributed by atoms with E-state index in [9.17, 15) is 0 Å². The van der Waals surface area contributed by atoms with E-state index in [4.69, 9.17) is 15.0 Å². The Morgan fingerprint density at radius 2 is 1.23 bits per heavy atom. The second-order valence-corrected chi connectivity index (χ2v) is 17.7. The van der Waals surface area contributed by atoms with Crippen LogP contribution in [0.2, 0.25) is 0 Å². The summed E-state index contributed by atoms with van der Waals surface area (Å²) in [6.45, 7) is 20.0. The summed E-state index contributed by atoms with van der Waals surface area (Å²) in [7, 11) is 0. The average molecular weight is 749 g/mol. The molecule has 0 aliphatic heterocycles. The minimum absolute atomic E-state index is 0.000861. The second kappa shape index (κ2) is 13.2. The van der Waals surface area contributed by atoms with Crippen LogP contribution >= 0.6 is 0 Å². The molecule has 6 aromatic rings. The van der Waals surface area contributed by atoms with Gasteiger partial charge >= 0.3 is 0 Å². The SMILES string of the molecule is C=C(O/C(=N\N)c1ccc(C(C)(C)C)cc1)C1=CC=C2c3ccccc3[C@]3(c4ccccc4-c4ccc(-c5nnc(-c6ccc(C(C)(C)C)cc6)o5)cc43)[C@@H]2C1C. The number of benzene rings is 5. The van der Waals surface area contributed by atoms with Gasteiger partial charge in [-0.1, -0.05) is 146 Å². The Labute approximate surface area is 335 Å². The van der Waals surface area contributed by atoms with Crippen LogP contribution in [0.3, 0.4) is 0 Å². The first kappa shape index (κ1) is 36.4. The maximum Gasteiger partial charge on any atom is 0.248 e. The van der Waals surface area contributed by atoms with Gasteiger partial charge < -0.3 is 15.0 Å². The van der Waals surface area contributed by atoms with Crippen LogP contribution in [-0.4, -0.2) is 16.1 Å². The molecule has 0 amide bonds. The number of ether oxygens (including phenoxy) is 1. The molecule has 6 nitrogen and oxygen atoms in total. The fourth-order valence-corrected chi connectivity index (χ4v) is 9.43. The largest absolute Gasteiger partial charge is 0.437 e. The monoisotopic (exact) mass is 748 g/mol. The fourth-order valence-electron chi connectivity index (χ4n) is 9.43. The molecule has 0 fully saturated rings. The van der Waals surface area contributed by atoms with E-state index in [2.05, 4.69) is 186 Å². The van der Waals surface area contributed by atoms with Crippen LogP contribution in [0.15, 0.2) is 155 Å². The van der Waals surface area contributed by atoms with Crippen molar-refractivity contribution >= 4 is 11.5 Å². The smallest absolute Gasteiger partial charge is 0.248 e. The van der Waals surface area contributed by atoms with Crippen LogP contribution in [0.5, 0.6) is 0 Å². The van der Waals surface area contributed by atoms with Crippen LogP contribution in [0.4, 0.5) is 0 Å². The highest BCUT2D eigenvalue weighted by Gasteiger charge is 2.58. The van der Waals surface area contributed by atoms with Crippen molar-refractivity contribution in [3.63, 3.8) is 0 Å². The van der Waals surface area contributed by atoms with E-state index in [-0.39, 0.29) is 22.7 Å². The molecule has 3 aliphatic rings. The van der Waals surface area contributed by atoms with Crippen molar-refractivity contribution in [2.45, 2.75) is 64.7 Å². The van der Waals surface area contributed by atoms with Gasteiger partial charge in [0, 0.05) is 22.6 Å². The third kappa shape index (κ3) is 5.72. The van der Waals surface area contributed by atoms with E-state index >= 15 is 0 Å². The van der Waals surface area contributed by atoms with Crippen LogP contribution in [-0.2, 0) is 21.0 Å². The second-order valence-electron chi connectivity index (χ2n) is 17.7. The molecule has 1 spiro atoms. The van der Waals surface area contributed by atoms with Gasteiger partial charge in [0.05, 0.1) is 5.41 Å². The molecule has 284 valence electrons. The summed E-state index contributed by atoms with van der Waals surface area (Å²) in [5.41, 5.74) is 14.4. The van der Waals surface area contributed by atoms with Gasteiger partial charge in [-0.25, -0.2) is 0 Å². The first-order chi connectivity index (χ1) is 27.3. The van der Waals surface area contributed by atoms with E-state index in [1.807, 2.05) is 12.1 Å². The Balaban J connectivity index is 1.12. The Kier molecular flexibility index (Phi) is 8.40. The third-order valence-electron chi connectivity index (χ3n) is 12.3. The number of aromatic nitrogens is 2. The molecule has 1 aromatic heterocycles. The molecule has 1 unspecified atom stereocenters. The van der Waals surface area contributed by atoms with Crippen LogP contribution in [0.1, 0.15) is 87.4 Å². The predicted octanol–water partition coefficient (Wildman–Crippen LogP) is 11.8.